The number of alkyl halides is 3. The van der Waals surface area contributed by atoms with Crippen LogP contribution in [0.3, 0.4) is 0 Å². The monoisotopic (exact) mass is 985 g/mol. The predicted octanol–water partition coefficient (Wildman–Crippen LogP) is 9.44. The van der Waals surface area contributed by atoms with Crippen LogP contribution in [0, 0.1) is 0 Å². The van der Waals surface area contributed by atoms with Crippen LogP contribution in [0.1, 0.15) is 94.5 Å². The molecule has 0 saturated carbocycles. The number of hydroxylamine groups is 2. The first-order valence-corrected chi connectivity index (χ1v) is 22.2. The van der Waals surface area contributed by atoms with Crippen LogP contribution in [0.25, 0.3) is 11.1 Å². The minimum Gasteiger partial charge on any atom is -0.480 e. The molecule has 7 rings (SSSR count). The second-order valence-corrected chi connectivity index (χ2v) is 17.4. The number of halogens is 4. The standard InChI is InChI=1S/C26H21ClF3NO4.C25H26N2O8/c27-22-13-15(9-11-21(22)26(28,29)30)10-12-23(24(32)33)31-25(34)35-14-20-18-7-3-1-5-16(18)17-6-2-4-8-19(17)20;1-25(2,3)34-24(32)26-19(23(31)33-15-16-9-5-4-6-10-16)13-14-20(28)35-27-21(29)17-11-7-8-12-18(17)22(27)30/h1-9,11,13,20,23H,10,12,14H2,(H,31,34)(H,32,33);4-12,19H,13-15H2,1-3H3,(H,26,32)/t23-;19-/m00/s1. The van der Waals surface area contributed by atoms with Gasteiger partial charge in [0.2, 0.25) is 0 Å². The maximum absolute atomic E-state index is 12.9. The third kappa shape index (κ3) is 13.5. The van der Waals surface area contributed by atoms with E-state index in [9.17, 15) is 51.8 Å². The fraction of sp³-hybridized carbons (Fsp3) is 0.275. The molecular weight excluding hydrogens is 939 g/mol. The van der Waals surface area contributed by atoms with Gasteiger partial charge in [-0.25, -0.2) is 24.0 Å². The Morgan fingerprint density at radius 2 is 1.23 bits per heavy atom. The molecule has 5 aromatic carbocycles. The fourth-order valence-corrected chi connectivity index (χ4v) is 7.79. The van der Waals surface area contributed by atoms with Crippen LogP contribution in [0.2, 0.25) is 5.02 Å². The lowest BCUT2D eigenvalue weighted by atomic mass is 9.98. The molecule has 19 heteroatoms. The van der Waals surface area contributed by atoms with E-state index in [0.717, 1.165) is 39.9 Å². The fourth-order valence-electron chi connectivity index (χ4n) is 7.48. The average molecular weight is 986 g/mol. The van der Waals surface area contributed by atoms with Crippen molar-refractivity contribution in [3.8, 4) is 11.1 Å². The Kier molecular flexibility index (Phi) is 16.7. The van der Waals surface area contributed by atoms with Crippen molar-refractivity contribution < 1.29 is 70.9 Å². The van der Waals surface area contributed by atoms with Gasteiger partial charge in [-0.3, -0.25) is 9.59 Å². The van der Waals surface area contributed by atoms with Crippen molar-refractivity contribution in [2.24, 2.45) is 0 Å². The first-order valence-electron chi connectivity index (χ1n) is 21.8. The van der Waals surface area contributed by atoms with E-state index in [0.29, 0.717) is 10.6 Å². The number of nitrogens with one attached hydrogen (secondary N) is 2. The second-order valence-electron chi connectivity index (χ2n) is 17.0. The highest BCUT2D eigenvalue weighted by Crippen LogP contribution is 2.44. The van der Waals surface area contributed by atoms with Gasteiger partial charge >= 0.3 is 36.3 Å². The molecular formula is C51H47ClF3N3O12. The highest BCUT2D eigenvalue weighted by atomic mass is 35.5. The zero-order chi connectivity index (χ0) is 50.8. The third-order valence-corrected chi connectivity index (χ3v) is 11.1. The molecule has 2 aliphatic rings. The summed E-state index contributed by atoms with van der Waals surface area (Å²) in [5.74, 6) is -4.70. The van der Waals surface area contributed by atoms with Crippen LogP contribution in [0.4, 0.5) is 22.8 Å². The van der Waals surface area contributed by atoms with Crippen molar-refractivity contribution in [1.82, 2.24) is 15.7 Å². The molecule has 1 aliphatic carbocycles. The molecule has 0 saturated heterocycles. The smallest absolute Gasteiger partial charge is 0.417 e. The molecule has 70 heavy (non-hydrogen) atoms. The number of fused-ring (bicyclic) bond motifs is 4. The van der Waals surface area contributed by atoms with Gasteiger partial charge in [0.25, 0.3) is 11.8 Å². The summed E-state index contributed by atoms with van der Waals surface area (Å²) in [6, 6.07) is 31.4. The van der Waals surface area contributed by atoms with Gasteiger partial charge in [-0.2, -0.15) is 13.2 Å². The van der Waals surface area contributed by atoms with Crippen LogP contribution < -0.4 is 10.6 Å². The number of ether oxygens (including phenoxy) is 3. The van der Waals surface area contributed by atoms with Crippen LogP contribution in [0.5, 0.6) is 0 Å². The van der Waals surface area contributed by atoms with Gasteiger partial charge in [0.1, 0.15) is 30.9 Å². The molecule has 0 fully saturated rings. The lowest BCUT2D eigenvalue weighted by molar-refractivity contribution is -0.169. The van der Waals surface area contributed by atoms with E-state index >= 15 is 0 Å². The maximum Gasteiger partial charge on any atom is 0.417 e. The summed E-state index contributed by atoms with van der Waals surface area (Å²) < 4.78 is 54.5. The first-order chi connectivity index (χ1) is 33.2. The number of nitrogens with zero attached hydrogens (tertiary/aromatic N) is 1. The van der Waals surface area contributed by atoms with E-state index in [2.05, 4.69) is 10.6 Å². The van der Waals surface area contributed by atoms with Gasteiger partial charge in [-0.1, -0.05) is 114 Å². The summed E-state index contributed by atoms with van der Waals surface area (Å²) in [5, 5.41) is 14.2. The summed E-state index contributed by atoms with van der Waals surface area (Å²) in [7, 11) is 0. The van der Waals surface area contributed by atoms with Gasteiger partial charge < -0.3 is 34.8 Å². The van der Waals surface area contributed by atoms with Gasteiger partial charge in [-0.15, -0.1) is 0 Å². The Hall–Kier alpha value is -7.73. The van der Waals surface area contributed by atoms with E-state index in [1.807, 2.05) is 54.6 Å². The van der Waals surface area contributed by atoms with Gasteiger partial charge in [0, 0.05) is 5.92 Å². The molecule has 0 unspecified atom stereocenters. The Labute approximate surface area is 404 Å². The summed E-state index contributed by atoms with van der Waals surface area (Å²) in [4.78, 5) is 91.1. The summed E-state index contributed by atoms with van der Waals surface area (Å²) >= 11 is 5.73. The largest absolute Gasteiger partial charge is 0.480 e. The molecule has 366 valence electrons. The van der Waals surface area contributed by atoms with Crippen LogP contribution in [-0.2, 0) is 52.6 Å². The van der Waals surface area contributed by atoms with Crippen LogP contribution in [0.15, 0.2) is 121 Å². The molecule has 1 aliphatic heterocycles. The number of aryl methyl sites for hydroxylation is 1. The van der Waals surface area contributed by atoms with E-state index < -0.39 is 82.8 Å². The quantitative estimate of drug-likeness (QED) is 0.0510. The van der Waals surface area contributed by atoms with Crippen molar-refractivity contribution in [1.29, 1.82) is 0 Å². The first kappa shape index (κ1) is 51.7. The lowest BCUT2D eigenvalue weighted by Crippen LogP contribution is -2.44. The number of hydrogen-bond donors (Lipinski definition) is 3. The van der Waals surface area contributed by atoms with Gasteiger partial charge in [0.15, 0.2) is 0 Å². The number of hydrogen-bond acceptors (Lipinski definition) is 11. The molecule has 4 amide bonds. The Morgan fingerprint density at radius 1 is 0.686 bits per heavy atom. The molecule has 0 radical (unpaired) electrons. The van der Waals surface area contributed by atoms with Crippen LogP contribution in [-0.4, -0.2) is 76.4 Å². The SMILES string of the molecule is CC(C)(C)OC(=O)N[C@@H](CCC(=O)ON1C(=O)c2ccccc2C1=O)C(=O)OCc1ccccc1.O=C(N[C@@H](CCc1ccc(C(F)(F)F)c(Cl)c1)C(=O)O)OCC1c2ccccc2-c2ccccc21. The number of carboxylic acid groups (broad SMARTS) is 1. The van der Waals surface area contributed by atoms with Crippen LogP contribution >= 0.6 is 11.6 Å². The van der Waals surface area contributed by atoms with Crippen molar-refractivity contribution in [2.45, 2.75) is 82.8 Å². The number of rotatable bonds is 15. The van der Waals surface area contributed by atoms with E-state index in [-0.39, 0.29) is 49.5 Å². The van der Waals surface area contributed by atoms with Crippen molar-refractivity contribution >= 4 is 53.5 Å². The van der Waals surface area contributed by atoms with E-state index in [4.69, 9.17) is 30.6 Å². The summed E-state index contributed by atoms with van der Waals surface area (Å²) in [5.41, 5.74) is 3.81. The molecule has 1 heterocycles. The van der Waals surface area contributed by atoms with Crippen molar-refractivity contribution in [2.75, 3.05) is 6.61 Å². The van der Waals surface area contributed by atoms with Crippen molar-refractivity contribution in [3.05, 3.63) is 165 Å². The number of carboxylic acids is 1. The Bertz CT molecular complexity index is 2680. The highest BCUT2D eigenvalue weighted by molar-refractivity contribution is 6.31. The van der Waals surface area contributed by atoms with E-state index in [1.54, 1.807) is 57.2 Å². The molecule has 5 aromatic rings. The summed E-state index contributed by atoms with van der Waals surface area (Å²) in [6.45, 7) is 4.98. The second kappa shape index (κ2) is 22.6. The normalized spacial score (nSPS) is 13.6. The molecule has 0 bridgehead atoms. The summed E-state index contributed by atoms with van der Waals surface area (Å²) in [6.07, 6.45) is -6.90. The number of alkyl carbamates (subject to hydrolysis) is 2. The average Bonchev–Trinajstić information content (AvgIpc) is 3.76. The molecule has 0 aromatic heterocycles. The number of imide groups is 1. The molecule has 2 atom stereocenters. The minimum atomic E-state index is -4.58. The zero-order valence-electron chi connectivity index (χ0n) is 37.9. The zero-order valence-corrected chi connectivity index (χ0v) is 38.7. The van der Waals surface area contributed by atoms with E-state index in [1.165, 1.54) is 18.2 Å². The third-order valence-electron chi connectivity index (χ3n) is 10.8. The molecule has 3 N–H and O–H groups in total. The molecule has 15 nitrogen and oxygen atoms in total. The Morgan fingerprint density at radius 3 is 1.77 bits per heavy atom. The molecule has 0 spiro atoms. The highest BCUT2D eigenvalue weighted by Gasteiger charge is 2.39. The number of carbonyl (C=O) groups is 7. The number of esters is 1. The lowest BCUT2D eigenvalue weighted by Gasteiger charge is -2.23. The number of amides is 4. The maximum atomic E-state index is 12.9. The van der Waals surface area contributed by atoms with Crippen molar-refractivity contribution in [3.63, 3.8) is 0 Å². The number of benzene rings is 5. The van der Waals surface area contributed by atoms with Gasteiger partial charge in [-0.05, 0) is 97.7 Å². The topological polar surface area (TPSA) is 204 Å². The Balaban J connectivity index is 0.000000230. The number of carbonyl (C=O) groups excluding carboxylic acids is 6. The minimum absolute atomic E-state index is 0.0285. The number of aliphatic carboxylic acids is 1. The van der Waals surface area contributed by atoms with Gasteiger partial charge in [0.05, 0.1) is 28.1 Å². The predicted molar refractivity (Wildman–Crippen MR) is 246 cm³/mol.